The summed E-state index contributed by atoms with van der Waals surface area (Å²) in [5.41, 5.74) is -2.08. The van der Waals surface area contributed by atoms with E-state index in [0.717, 1.165) is 12.1 Å². The molecule has 0 aliphatic heterocycles. The van der Waals surface area contributed by atoms with Crippen molar-refractivity contribution >= 4 is 11.7 Å². The molecule has 0 bridgehead atoms. The lowest BCUT2D eigenvalue weighted by atomic mass is 10.0. The van der Waals surface area contributed by atoms with Gasteiger partial charge in [0.05, 0.1) is 6.61 Å². The first kappa shape index (κ1) is 13.4. The molecule has 1 unspecified atom stereocenters. The van der Waals surface area contributed by atoms with E-state index in [-0.39, 0.29) is 6.61 Å². The van der Waals surface area contributed by atoms with Gasteiger partial charge in [-0.3, -0.25) is 0 Å². The molecule has 0 heterocycles. The van der Waals surface area contributed by atoms with Crippen molar-refractivity contribution in [3.05, 3.63) is 29.8 Å². The van der Waals surface area contributed by atoms with Crippen molar-refractivity contribution in [3.63, 3.8) is 0 Å². The first-order chi connectivity index (χ1) is 7.90. The third kappa shape index (κ3) is 2.91. The van der Waals surface area contributed by atoms with E-state index < -0.39 is 28.8 Å². The second-order valence-corrected chi connectivity index (χ2v) is 3.79. The van der Waals surface area contributed by atoms with E-state index in [1.165, 1.54) is 20.1 Å². The van der Waals surface area contributed by atoms with Gasteiger partial charge in [-0.15, -0.1) is 0 Å². The van der Waals surface area contributed by atoms with Crippen LogP contribution in [0.5, 0.6) is 0 Å². The second-order valence-electron chi connectivity index (χ2n) is 3.79. The maximum atomic E-state index is 13.3. The number of benzene rings is 1. The number of hydrogen-bond donors (Lipinski definition) is 2. The molecule has 2 N–H and O–H groups in total. The van der Waals surface area contributed by atoms with E-state index in [4.69, 9.17) is 9.84 Å². The highest BCUT2D eigenvalue weighted by molar-refractivity contribution is 5.82. The number of para-hydroxylation sites is 1. The van der Waals surface area contributed by atoms with Gasteiger partial charge in [0.1, 0.15) is 17.3 Å². The normalized spacial score (nSPS) is 14.1. The van der Waals surface area contributed by atoms with Gasteiger partial charge in [0.15, 0.2) is 5.54 Å². The Morgan fingerprint density at radius 2 is 2.00 bits per heavy atom. The first-order valence-electron chi connectivity index (χ1n) is 4.85. The fourth-order valence-electron chi connectivity index (χ4n) is 1.33. The minimum atomic E-state index is -1.60. The van der Waals surface area contributed by atoms with Crippen LogP contribution in [0, 0.1) is 11.6 Å². The van der Waals surface area contributed by atoms with E-state index >= 15 is 0 Å². The average Bonchev–Trinajstić information content (AvgIpc) is 2.24. The summed E-state index contributed by atoms with van der Waals surface area (Å²) in [6, 6.07) is 3.28. The summed E-state index contributed by atoms with van der Waals surface area (Å²) >= 11 is 0. The molecule has 0 aliphatic carbocycles. The molecule has 0 amide bonds. The number of carboxylic acid groups (broad SMARTS) is 1. The smallest absolute Gasteiger partial charge is 0.331 e. The molecule has 0 fully saturated rings. The Morgan fingerprint density at radius 1 is 1.47 bits per heavy atom. The molecule has 17 heavy (non-hydrogen) atoms. The number of nitrogens with one attached hydrogen (secondary N) is 1. The zero-order valence-electron chi connectivity index (χ0n) is 9.46. The fourth-order valence-corrected chi connectivity index (χ4v) is 1.33. The number of ether oxygens (including phenoxy) is 1. The minimum Gasteiger partial charge on any atom is -0.479 e. The van der Waals surface area contributed by atoms with Crippen LogP contribution in [0.15, 0.2) is 18.2 Å². The Hall–Kier alpha value is -1.69. The molecule has 94 valence electrons. The number of methoxy groups -OCH3 is 1. The highest BCUT2D eigenvalue weighted by Gasteiger charge is 2.34. The van der Waals surface area contributed by atoms with Gasteiger partial charge in [-0.2, -0.15) is 0 Å². The van der Waals surface area contributed by atoms with Crippen LogP contribution in [0.25, 0.3) is 0 Å². The molecule has 1 atom stereocenters. The molecule has 4 nitrogen and oxygen atoms in total. The fraction of sp³-hybridized carbons (Fsp3) is 0.364. The number of halogens is 2. The van der Waals surface area contributed by atoms with Gasteiger partial charge in [-0.05, 0) is 19.1 Å². The van der Waals surface area contributed by atoms with Crippen LogP contribution in [0.1, 0.15) is 6.92 Å². The van der Waals surface area contributed by atoms with E-state index in [0.29, 0.717) is 0 Å². The third-order valence-corrected chi connectivity index (χ3v) is 2.27. The SMILES string of the molecule is COCC(C)(Nc1c(F)cccc1F)C(=O)O. The minimum absolute atomic E-state index is 0.226. The lowest BCUT2D eigenvalue weighted by molar-refractivity contribution is -0.143. The Balaban J connectivity index is 3.06. The van der Waals surface area contributed by atoms with Gasteiger partial charge >= 0.3 is 5.97 Å². The summed E-state index contributed by atoms with van der Waals surface area (Å²) in [7, 11) is 1.31. The first-order valence-corrected chi connectivity index (χ1v) is 4.85. The van der Waals surface area contributed by atoms with Gasteiger partial charge in [0, 0.05) is 7.11 Å². The monoisotopic (exact) mass is 245 g/mol. The van der Waals surface area contributed by atoms with Crippen LogP contribution >= 0.6 is 0 Å². The molecule has 1 rings (SSSR count). The van der Waals surface area contributed by atoms with Gasteiger partial charge in [-0.1, -0.05) is 6.07 Å². The Bertz CT molecular complexity index is 405. The summed E-state index contributed by atoms with van der Waals surface area (Å²) in [6.45, 7) is 1.06. The lowest BCUT2D eigenvalue weighted by Gasteiger charge is -2.26. The second kappa shape index (κ2) is 5.09. The molecule has 0 saturated heterocycles. The predicted molar refractivity (Wildman–Crippen MR) is 57.9 cm³/mol. The van der Waals surface area contributed by atoms with Crippen LogP contribution in [0.4, 0.5) is 14.5 Å². The van der Waals surface area contributed by atoms with E-state index in [1.807, 2.05) is 0 Å². The number of rotatable bonds is 5. The molecular formula is C11H13F2NO3. The van der Waals surface area contributed by atoms with Crippen molar-refractivity contribution in [1.29, 1.82) is 0 Å². The van der Waals surface area contributed by atoms with E-state index in [9.17, 15) is 13.6 Å². The number of anilines is 1. The van der Waals surface area contributed by atoms with Crippen LogP contribution in [0.2, 0.25) is 0 Å². The maximum absolute atomic E-state index is 13.3. The van der Waals surface area contributed by atoms with Crippen molar-refractivity contribution in [2.75, 3.05) is 19.0 Å². The summed E-state index contributed by atoms with van der Waals surface area (Å²) in [6.07, 6.45) is 0. The highest BCUT2D eigenvalue weighted by Crippen LogP contribution is 2.22. The molecule has 0 saturated carbocycles. The van der Waals surface area contributed by atoms with Crippen molar-refractivity contribution in [3.8, 4) is 0 Å². The molecule has 0 spiro atoms. The quantitative estimate of drug-likeness (QED) is 0.831. The zero-order valence-corrected chi connectivity index (χ0v) is 9.46. The predicted octanol–water partition coefficient (Wildman–Crippen LogP) is 1.87. The van der Waals surface area contributed by atoms with Gasteiger partial charge in [0.2, 0.25) is 0 Å². The standard InChI is InChI=1S/C11H13F2NO3/c1-11(6-17-2,10(15)16)14-9-7(12)4-3-5-8(9)13/h3-5,14H,6H2,1-2H3,(H,15,16). The maximum Gasteiger partial charge on any atom is 0.331 e. The van der Waals surface area contributed by atoms with E-state index in [1.54, 1.807) is 0 Å². The van der Waals surface area contributed by atoms with Crippen molar-refractivity contribution in [1.82, 2.24) is 0 Å². The number of carboxylic acids is 1. The topological polar surface area (TPSA) is 58.6 Å². The number of carbonyl (C=O) groups is 1. The van der Waals surface area contributed by atoms with Crippen molar-refractivity contribution in [2.24, 2.45) is 0 Å². The van der Waals surface area contributed by atoms with Gasteiger partial charge in [-0.25, -0.2) is 13.6 Å². The number of hydrogen-bond acceptors (Lipinski definition) is 3. The summed E-state index contributed by atoms with van der Waals surface area (Å²) in [4.78, 5) is 11.1. The van der Waals surface area contributed by atoms with Gasteiger partial charge < -0.3 is 15.2 Å². The van der Waals surface area contributed by atoms with Crippen LogP contribution in [-0.4, -0.2) is 30.3 Å². The lowest BCUT2D eigenvalue weighted by Crippen LogP contribution is -2.47. The molecule has 6 heteroatoms. The average molecular weight is 245 g/mol. The van der Waals surface area contributed by atoms with Crippen LogP contribution in [-0.2, 0) is 9.53 Å². The zero-order chi connectivity index (χ0) is 13.1. The number of aliphatic carboxylic acids is 1. The molecular weight excluding hydrogens is 232 g/mol. The Kier molecular flexibility index (Phi) is 4.01. The molecule has 0 aliphatic rings. The molecule has 1 aromatic rings. The third-order valence-electron chi connectivity index (χ3n) is 2.27. The highest BCUT2D eigenvalue weighted by atomic mass is 19.1. The Labute approximate surface area is 97.2 Å². The van der Waals surface area contributed by atoms with Crippen LogP contribution < -0.4 is 5.32 Å². The summed E-state index contributed by atoms with van der Waals surface area (Å²) < 4.78 is 31.4. The molecule has 1 aromatic carbocycles. The molecule has 0 aromatic heterocycles. The van der Waals surface area contributed by atoms with Gasteiger partial charge in [0.25, 0.3) is 0 Å². The summed E-state index contributed by atoms with van der Waals surface area (Å²) in [5.74, 6) is -2.97. The van der Waals surface area contributed by atoms with E-state index in [2.05, 4.69) is 5.32 Å². The molecule has 0 radical (unpaired) electrons. The Morgan fingerprint density at radius 3 is 2.41 bits per heavy atom. The van der Waals surface area contributed by atoms with Crippen molar-refractivity contribution in [2.45, 2.75) is 12.5 Å². The van der Waals surface area contributed by atoms with Crippen molar-refractivity contribution < 1.29 is 23.4 Å². The largest absolute Gasteiger partial charge is 0.479 e. The van der Waals surface area contributed by atoms with Crippen LogP contribution in [0.3, 0.4) is 0 Å². The summed E-state index contributed by atoms with van der Waals surface area (Å²) in [5, 5.41) is 11.3.